The van der Waals surface area contributed by atoms with E-state index in [1.54, 1.807) is 8.61 Å². The van der Waals surface area contributed by atoms with Crippen molar-refractivity contribution in [3.63, 3.8) is 0 Å². The fourth-order valence-electron chi connectivity index (χ4n) is 3.49. The van der Waals surface area contributed by atoms with Gasteiger partial charge in [-0.2, -0.15) is 17.0 Å². The maximum absolute atomic E-state index is 12.5. The van der Waals surface area contributed by atoms with Gasteiger partial charge in [0, 0.05) is 26.2 Å². The molecule has 0 aromatic heterocycles. The predicted octanol–water partition coefficient (Wildman–Crippen LogP) is 0.685. The Morgan fingerprint density at radius 3 is 2.00 bits per heavy atom. The SMILES string of the molecule is O=S(=O)(N1CCOCC1)N1C[C@H]2CCCC[C@H]2C1. The average molecular weight is 274 g/mol. The molecule has 3 rings (SSSR count). The summed E-state index contributed by atoms with van der Waals surface area (Å²) >= 11 is 0. The Balaban J connectivity index is 1.70. The molecule has 2 heterocycles. The average Bonchev–Trinajstić information content (AvgIpc) is 2.84. The van der Waals surface area contributed by atoms with E-state index in [2.05, 4.69) is 0 Å². The van der Waals surface area contributed by atoms with Gasteiger partial charge in [-0.3, -0.25) is 0 Å². The minimum absolute atomic E-state index is 0.508. The second kappa shape index (κ2) is 5.07. The third-order valence-corrected chi connectivity index (χ3v) is 6.53. The van der Waals surface area contributed by atoms with Gasteiger partial charge in [0.15, 0.2) is 0 Å². The van der Waals surface area contributed by atoms with Crippen LogP contribution in [0.15, 0.2) is 0 Å². The first-order valence-corrected chi connectivity index (χ1v) is 8.40. The molecular formula is C12H22N2O3S. The maximum atomic E-state index is 12.5. The van der Waals surface area contributed by atoms with Crippen LogP contribution in [0.4, 0.5) is 0 Å². The Morgan fingerprint density at radius 1 is 0.889 bits per heavy atom. The summed E-state index contributed by atoms with van der Waals surface area (Å²) in [5.74, 6) is 1.21. The van der Waals surface area contributed by atoms with Crippen LogP contribution in [0.3, 0.4) is 0 Å². The summed E-state index contributed by atoms with van der Waals surface area (Å²) in [5.41, 5.74) is 0. The fraction of sp³-hybridized carbons (Fsp3) is 1.00. The molecule has 0 spiro atoms. The molecule has 0 N–H and O–H groups in total. The zero-order valence-corrected chi connectivity index (χ0v) is 11.6. The highest BCUT2D eigenvalue weighted by atomic mass is 32.2. The van der Waals surface area contributed by atoms with Crippen LogP contribution in [0.2, 0.25) is 0 Å². The second-order valence-electron chi connectivity index (χ2n) is 5.64. The van der Waals surface area contributed by atoms with Crippen molar-refractivity contribution >= 4 is 10.2 Å². The van der Waals surface area contributed by atoms with E-state index in [0.717, 1.165) is 13.1 Å². The fourth-order valence-corrected chi connectivity index (χ4v) is 5.19. The van der Waals surface area contributed by atoms with Gasteiger partial charge in [-0.1, -0.05) is 12.8 Å². The molecule has 0 radical (unpaired) electrons. The van der Waals surface area contributed by atoms with Crippen molar-refractivity contribution in [1.29, 1.82) is 0 Å². The summed E-state index contributed by atoms with van der Waals surface area (Å²) in [7, 11) is -3.23. The Morgan fingerprint density at radius 2 is 1.44 bits per heavy atom. The number of ether oxygens (including phenoxy) is 1. The minimum atomic E-state index is -3.23. The van der Waals surface area contributed by atoms with Gasteiger partial charge in [0.25, 0.3) is 10.2 Å². The van der Waals surface area contributed by atoms with Gasteiger partial charge in [-0.15, -0.1) is 0 Å². The maximum Gasteiger partial charge on any atom is 0.282 e. The molecule has 3 aliphatic rings. The van der Waals surface area contributed by atoms with Crippen LogP contribution < -0.4 is 0 Å². The van der Waals surface area contributed by atoms with Gasteiger partial charge >= 0.3 is 0 Å². The summed E-state index contributed by atoms with van der Waals surface area (Å²) in [6.45, 7) is 3.55. The van der Waals surface area contributed by atoms with Gasteiger partial charge in [-0.25, -0.2) is 0 Å². The van der Waals surface area contributed by atoms with E-state index in [1.165, 1.54) is 25.7 Å². The molecule has 104 valence electrons. The van der Waals surface area contributed by atoms with Gasteiger partial charge in [0.1, 0.15) is 0 Å². The Bertz CT molecular complexity index is 378. The highest BCUT2D eigenvalue weighted by Crippen LogP contribution is 2.37. The summed E-state index contributed by atoms with van der Waals surface area (Å²) in [4.78, 5) is 0. The van der Waals surface area contributed by atoms with Crippen molar-refractivity contribution in [1.82, 2.24) is 8.61 Å². The lowest BCUT2D eigenvalue weighted by molar-refractivity contribution is 0.0705. The Labute approximate surface area is 109 Å². The Hall–Kier alpha value is -0.170. The molecular weight excluding hydrogens is 252 g/mol. The highest BCUT2D eigenvalue weighted by Gasteiger charge is 2.41. The van der Waals surface area contributed by atoms with E-state index in [-0.39, 0.29) is 0 Å². The van der Waals surface area contributed by atoms with Gasteiger partial charge in [0.2, 0.25) is 0 Å². The number of nitrogens with zero attached hydrogens (tertiary/aromatic N) is 2. The van der Waals surface area contributed by atoms with E-state index < -0.39 is 10.2 Å². The van der Waals surface area contributed by atoms with Gasteiger partial charge in [-0.05, 0) is 24.7 Å². The Kier molecular flexibility index (Phi) is 3.62. The van der Waals surface area contributed by atoms with Crippen LogP contribution in [0.1, 0.15) is 25.7 Å². The van der Waals surface area contributed by atoms with Crippen molar-refractivity contribution < 1.29 is 13.2 Å². The molecule has 0 aromatic carbocycles. The van der Waals surface area contributed by atoms with Crippen LogP contribution in [-0.4, -0.2) is 56.4 Å². The molecule has 0 bridgehead atoms. The third kappa shape index (κ3) is 2.31. The van der Waals surface area contributed by atoms with Crippen LogP contribution >= 0.6 is 0 Å². The van der Waals surface area contributed by atoms with Crippen LogP contribution in [0.5, 0.6) is 0 Å². The van der Waals surface area contributed by atoms with E-state index in [4.69, 9.17) is 4.74 Å². The molecule has 1 saturated carbocycles. The molecule has 18 heavy (non-hydrogen) atoms. The van der Waals surface area contributed by atoms with Crippen molar-refractivity contribution in [2.45, 2.75) is 25.7 Å². The molecule has 2 atom stereocenters. The lowest BCUT2D eigenvalue weighted by Crippen LogP contribution is -2.48. The standard InChI is InChI=1S/C12H22N2O3S/c15-18(16,13-5-7-17-8-6-13)14-9-11-3-1-2-4-12(11)10-14/h11-12H,1-10H2/t11-,12+. The van der Waals surface area contributed by atoms with Crippen molar-refractivity contribution in [2.24, 2.45) is 11.8 Å². The first kappa shape index (κ1) is 12.8. The number of hydrogen-bond acceptors (Lipinski definition) is 3. The molecule has 0 amide bonds. The topological polar surface area (TPSA) is 49.9 Å². The smallest absolute Gasteiger partial charge is 0.282 e. The molecule has 0 unspecified atom stereocenters. The quantitative estimate of drug-likeness (QED) is 0.744. The van der Waals surface area contributed by atoms with Crippen LogP contribution in [-0.2, 0) is 14.9 Å². The molecule has 2 saturated heterocycles. The molecule has 6 heteroatoms. The van der Waals surface area contributed by atoms with E-state index in [1.807, 2.05) is 0 Å². The molecule has 3 fully saturated rings. The first-order chi connectivity index (χ1) is 8.68. The van der Waals surface area contributed by atoms with Crippen molar-refractivity contribution in [3.8, 4) is 0 Å². The summed E-state index contributed by atoms with van der Waals surface area (Å²) < 4.78 is 33.6. The van der Waals surface area contributed by atoms with Gasteiger partial charge in [0.05, 0.1) is 13.2 Å². The van der Waals surface area contributed by atoms with Crippen LogP contribution in [0, 0.1) is 11.8 Å². The number of rotatable bonds is 2. The van der Waals surface area contributed by atoms with Crippen molar-refractivity contribution in [3.05, 3.63) is 0 Å². The van der Waals surface area contributed by atoms with Crippen molar-refractivity contribution in [2.75, 3.05) is 39.4 Å². The van der Waals surface area contributed by atoms with E-state index in [9.17, 15) is 8.42 Å². The molecule has 0 aromatic rings. The summed E-state index contributed by atoms with van der Waals surface area (Å²) in [6.07, 6.45) is 4.96. The van der Waals surface area contributed by atoms with E-state index in [0.29, 0.717) is 38.1 Å². The molecule has 2 aliphatic heterocycles. The lowest BCUT2D eigenvalue weighted by Gasteiger charge is -2.30. The lowest BCUT2D eigenvalue weighted by atomic mass is 9.82. The second-order valence-corrected chi connectivity index (χ2v) is 7.57. The highest BCUT2D eigenvalue weighted by molar-refractivity contribution is 7.86. The molecule has 1 aliphatic carbocycles. The number of fused-ring (bicyclic) bond motifs is 1. The minimum Gasteiger partial charge on any atom is -0.379 e. The number of hydrogen-bond donors (Lipinski definition) is 0. The van der Waals surface area contributed by atoms with Gasteiger partial charge < -0.3 is 4.74 Å². The molecule has 5 nitrogen and oxygen atoms in total. The largest absolute Gasteiger partial charge is 0.379 e. The number of morpholine rings is 1. The normalized spacial score (nSPS) is 35.6. The monoisotopic (exact) mass is 274 g/mol. The zero-order chi connectivity index (χ0) is 12.6. The summed E-state index contributed by atoms with van der Waals surface area (Å²) in [5, 5.41) is 0. The third-order valence-electron chi connectivity index (χ3n) is 4.57. The zero-order valence-electron chi connectivity index (χ0n) is 10.8. The van der Waals surface area contributed by atoms with Crippen LogP contribution in [0.25, 0.3) is 0 Å². The predicted molar refractivity (Wildman–Crippen MR) is 68.3 cm³/mol. The van der Waals surface area contributed by atoms with E-state index >= 15 is 0 Å². The first-order valence-electron chi connectivity index (χ1n) is 7.01. The summed E-state index contributed by atoms with van der Waals surface area (Å²) in [6, 6.07) is 0.